The van der Waals surface area contributed by atoms with Crippen LogP contribution in [0.4, 0.5) is 15.8 Å². The zero-order valence-electron chi connectivity index (χ0n) is 19.5. The van der Waals surface area contributed by atoms with E-state index in [1.807, 2.05) is 18.9 Å². The Morgan fingerprint density at radius 1 is 1.11 bits per heavy atom. The van der Waals surface area contributed by atoms with Crippen LogP contribution < -0.4 is 15.6 Å². The number of anilines is 2. The second kappa shape index (κ2) is 10.6. The van der Waals surface area contributed by atoms with Crippen molar-refractivity contribution in [2.45, 2.75) is 13.5 Å². The second-order valence-corrected chi connectivity index (χ2v) is 9.32. The number of amides is 1. The summed E-state index contributed by atoms with van der Waals surface area (Å²) in [5.74, 6) is -1.99. The molecule has 1 aliphatic heterocycles. The summed E-state index contributed by atoms with van der Waals surface area (Å²) in [6, 6.07) is 9.77. The van der Waals surface area contributed by atoms with Gasteiger partial charge in [-0.15, -0.1) is 0 Å². The summed E-state index contributed by atoms with van der Waals surface area (Å²) in [6.45, 7) is 4.76. The van der Waals surface area contributed by atoms with Gasteiger partial charge in [-0.2, -0.15) is 0 Å². The van der Waals surface area contributed by atoms with Gasteiger partial charge in [0.25, 0.3) is 5.91 Å². The third-order valence-corrected chi connectivity index (χ3v) is 6.54. The third-order valence-electron chi connectivity index (χ3n) is 6.02. The predicted molar refractivity (Wildman–Crippen MR) is 137 cm³/mol. The third kappa shape index (κ3) is 5.54. The highest BCUT2D eigenvalue weighted by Gasteiger charge is 2.22. The number of benzene rings is 2. The van der Waals surface area contributed by atoms with Gasteiger partial charge in [0.15, 0.2) is 6.61 Å². The first-order chi connectivity index (χ1) is 16.8. The van der Waals surface area contributed by atoms with Crippen molar-refractivity contribution < 1.29 is 18.7 Å². The number of hydrogen-bond donors (Lipinski definition) is 1. The van der Waals surface area contributed by atoms with Crippen molar-refractivity contribution >= 4 is 50.1 Å². The Balaban J connectivity index is 1.56. The minimum absolute atomic E-state index is 0.0935. The van der Waals surface area contributed by atoms with Crippen molar-refractivity contribution in [3.63, 3.8) is 0 Å². The molecule has 10 heteroatoms. The lowest BCUT2D eigenvalue weighted by atomic mass is 10.1. The van der Waals surface area contributed by atoms with E-state index in [4.69, 9.17) is 4.74 Å². The molecular formula is C25H26BrFN4O4. The number of likely N-dealkylation sites (N-methyl/N-ethyl adjacent to an activating group) is 1. The van der Waals surface area contributed by atoms with Crippen LogP contribution in [0, 0.1) is 5.82 Å². The van der Waals surface area contributed by atoms with E-state index in [2.05, 4.69) is 26.1 Å². The molecule has 35 heavy (non-hydrogen) atoms. The summed E-state index contributed by atoms with van der Waals surface area (Å²) in [5, 5.41) is 2.71. The van der Waals surface area contributed by atoms with Gasteiger partial charge in [-0.1, -0.05) is 15.9 Å². The predicted octanol–water partition coefficient (Wildman–Crippen LogP) is 3.47. The van der Waals surface area contributed by atoms with E-state index in [0.717, 1.165) is 17.6 Å². The van der Waals surface area contributed by atoms with Gasteiger partial charge >= 0.3 is 5.97 Å². The molecule has 0 atom stereocenters. The average Bonchev–Trinajstić information content (AvgIpc) is 2.85. The normalized spacial score (nSPS) is 14.2. The quantitative estimate of drug-likeness (QED) is 0.478. The van der Waals surface area contributed by atoms with Gasteiger partial charge < -0.3 is 24.4 Å². The Morgan fingerprint density at radius 3 is 2.46 bits per heavy atom. The number of aryl methyl sites for hydroxylation is 1. The SMILES string of the molecule is CCn1cc(C(=O)OCC(=O)Nc2ccc(Br)cc2)c(=O)c2cc(F)c(N3CCN(C)CC3)cc21. The number of halogens is 2. The molecule has 1 saturated heterocycles. The molecule has 2 aromatic carbocycles. The van der Waals surface area contributed by atoms with E-state index in [0.29, 0.717) is 36.5 Å². The van der Waals surface area contributed by atoms with Gasteiger partial charge in [-0.25, -0.2) is 9.18 Å². The summed E-state index contributed by atoms with van der Waals surface area (Å²) in [5.41, 5.74) is 0.638. The zero-order chi connectivity index (χ0) is 25.1. The molecule has 184 valence electrons. The first-order valence-electron chi connectivity index (χ1n) is 11.3. The van der Waals surface area contributed by atoms with E-state index in [1.165, 1.54) is 12.3 Å². The molecule has 1 aromatic heterocycles. The lowest BCUT2D eigenvalue weighted by molar-refractivity contribution is -0.119. The highest BCUT2D eigenvalue weighted by atomic mass is 79.9. The van der Waals surface area contributed by atoms with Gasteiger partial charge in [0.2, 0.25) is 5.43 Å². The van der Waals surface area contributed by atoms with Crippen molar-refractivity contribution in [3.8, 4) is 0 Å². The summed E-state index contributed by atoms with van der Waals surface area (Å²) in [7, 11) is 2.02. The largest absolute Gasteiger partial charge is 0.452 e. The fourth-order valence-electron chi connectivity index (χ4n) is 4.04. The van der Waals surface area contributed by atoms with E-state index >= 15 is 4.39 Å². The number of hydrogen-bond acceptors (Lipinski definition) is 6. The van der Waals surface area contributed by atoms with E-state index in [1.54, 1.807) is 34.9 Å². The van der Waals surface area contributed by atoms with Gasteiger partial charge in [0, 0.05) is 54.5 Å². The Hall–Kier alpha value is -3.24. The molecule has 3 aromatic rings. The summed E-state index contributed by atoms with van der Waals surface area (Å²) < 4.78 is 22.7. The molecule has 0 spiro atoms. The van der Waals surface area contributed by atoms with Crippen LogP contribution in [0.25, 0.3) is 10.9 Å². The van der Waals surface area contributed by atoms with Crippen LogP contribution in [0.5, 0.6) is 0 Å². The summed E-state index contributed by atoms with van der Waals surface area (Å²) >= 11 is 3.31. The average molecular weight is 545 g/mol. The monoisotopic (exact) mass is 544 g/mol. The number of fused-ring (bicyclic) bond motifs is 1. The van der Waals surface area contributed by atoms with Crippen LogP contribution in [-0.4, -0.2) is 61.2 Å². The molecule has 0 saturated carbocycles. The first kappa shape index (κ1) is 24.9. The number of carbonyl (C=O) groups excluding carboxylic acids is 2. The molecule has 1 aliphatic rings. The minimum Gasteiger partial charge on any atom is -0.452 e. The standard InChI is InChI=1S/C25H26BrFN4O4/c1-3-30-14-19(25(34)35-15-23(32)28-17-6-4-16(26)5-7-17)24(33)18-12-20(27)22(13-21(18)30)31-10-8-29(2)9-11-31/h4-7,12-14H,3,8-11,15H2,1-2H3,(H,28,32). The van der Waals surface area contributed by atoms with Crippen LogP contribution >= 0.6 is 15.9 Å². The van der Waals surface area contributed by atoms with Crippen LogP contribution in [0.2, 0.25) is 0 Å². The van der Waals surface area contributed by atoms with Crippen molar-refractivity contribution in [1.82, 2.24) is 9.47 Å². The van der Waals surface area contributed by atoms with Crippen LogP contribution in [-0.2, 0) is 16.1 Å². The lowest BCUT2D eigenvalue weighted by Crippen LogP contribution is -2.44. The van der Waals surface area contributed by atoms with E-state index < -0.39 is 29.7 Å². The number of nitrogens with zero attached hydrogens (tertiary/aromatic N) is 3. The number of rotatable bonds is 6. The highest BCUT2D eigenvalue weighted by Crippen LogP contribution is 2.26. The van der Waals surface area contributed by atoms with Gasteiger partial charge in [0.1, 0.15) is 11.4 Å². The smallest absolute Gasteiger partial charge is 0.344 e. The maximum atomic E-state index is 15.1. The molecule has 0 unspecified atom stereocenters. The number of aromatic nitrogens is 1. The number of nitrogens with one attached hydrogen (secondary N) is 1. The highest BCUT2D eigenvalue weighted by molar-refractivity contribution is 9.10. The maximum Gasteiger partial charge on any atom is 0.344 e. The lowest BCUT2D eigenvalue weighted by Gasteiger charge is -2.34. The molecule has 2 heterocycles. The van der Waals surface area contributed by atoms with Gasteiger partial charge in [0.05, 0.1) is 11.2 Å². The second-order valence-electron chi connectivity index (χ2n) is 8.40. The Bertz CT molecular complexity index is 1320. The number of carbonyl (C=O) groups is 2. The minimum atomic E-state index is -0.936. The molecule has 1 N–H and O–H groups in total. The number of piperazine rings is 1. The van der Waals surface area contributed by atoms with Crippen LogP contribution in [0.15, 0.2) is 51.9 Å². The molecule has 0 radical (unpaired) electrons. The summed E-state index contributed by atoms with van der Waals surface area (Å²) in [6.07, 6.45) is 1.41. The molecule has 1 fully saturated rings. The fourth-order valence-corrected chi connectivity index (χ4v) is 4.30. The van der Waals surface area contributed by atoms with Crippen molar-refractivity contribution in [2.75, 3.05) is 50.1 Å². The zero-order valence-corrected chi connectivity index (χ0v) is 21.1. The Kier molecular flexibility index (Phi) is 7.51. The topological polar surface area (TPSA) is 83.9 Å². The fraction of sp³-hybridized carbons (Fsp3) is 0.320. The number of esters is 1. The molecule has 0 bridgehead atoms. The van der Waals surface area contributed by atoms with E-state index in [-0.39, 0.29) is 10.9 Å². The summed E-state index contributed by atoms with van der Waals surface area (Å²) in [4.78, 5) is 42.1. The Labute approximate surface area is 210 Å². The van der Waals surface area contributed by atoms with Crippen molar-refractivity contribution in [3.05, 3.63) is 68.7 Å². The molecular weight excluding hydrogens is 519 g/mol. The van der Waals surface area contributed by atoms with Crippen LogP contribution in [0.1, 0.15) is 17.3 Å². The number of ether oxygens (including phenoxy) is 1. The molecule has 0 aliphatic carbocycles. The first-order valence-corrected chi connectivity index (χ1v) is 12.1. The van der Waals surface area contributed by atoms with Gasteiger partial charge in [-0.05, 0) is 50.4 Å². The molecule has 4 rings (SSSR count). The van der Waals surface area contributed by atoms with Gasteiger partial charge in [-0.3, -0.25) is 9.59 Å². The maximum absolute atomic E-state index is 15.1. The van der Waals surface area contributed by atoms with Crippen LogP contribution in [0.3, 0.4) is 0 Å². The molecule has 8 nitrogen and oxygen atoms in total. The van der Waals surface area contributed by atoms with Crippen molar-refractivity contribution in [1.29, 1.82) is 0 Å². The van der Waals surface area contributed by atoms with E-state index in [9.17, 15) is 14.4 Å². The number of pyridine rings is 1. The Morgan fingerprint density at radius 2 is 1.80 bits per heavy atom. The van der Waals surface area contributed by atoms with Crippen molar-refractivity contribution in [2.24, 2.45) is 0 Å². The molecule has 1 amide bonds.